The number of aromatic nitrogens is 2. The summed E-state index contributed by atoms with van der Waals surface area (Å²) < 4.78 is 34.7. The Labute approximate surface area is 255 Å². The number of likely N-dealkylation sites (tertiary alicyclic amines) is 1. The minimum atomic E-state index is -1.02. The third kappa shape index (κ3) is 6.02. The Morgan fingerprint density at radius 3 is 2.77 bits per heavy atom. The number of nitriles is 1. The summed E-state index contributed by atoms with van der Waals surface area (Å²) in [5, 5.41) is 9.48. The van der Waals surface area contributed by atoms with Crippen molar-refractivity contribution in [3.05, 3.63) is 47.2 Å². The molecule has 9 nitrogen and oxygen atoms in total. The minimum Gasteiger partial charge on any atom is -0.462 e. The van der Waals surface area contributed by atoms with Gasteiger partial charge in [-0.1, -0.05) is 6.58 Å². The highest BCUT2D eigenvalue weighted by Gasteiger charge is 2.35. The molecule has 0 aliphatic carbocycles. The number of benzene rings is 1. The molecule has 0 spiro atoms. The number of rotatable bonds is 7. The maximum absolute atomic E-state index is 14.7. The number of anilines is 2. The van der Waals surface area contributed by atoms with E-state index in [4.69, 9.17) is 14.7 Å². The van der Waals surface area contributed by atoms with Crippen LogP contribution in [0.25, 0.3) is 0 Å². The van der Waals surface area contributed by atoms with Gasteiger partial charge in [0.15, 0.2) is 5.83 Å². The van der Waals surface area contributed by atoms with E-state index >= 15 is 0 Å². The van der Waals surface area contributed by atoms with Crippen LogP contribution in [0.4, 0.5) is 20.3 Å². The van der Waals surface area contributed by atoms with E-state index in [1.165, 1.54) is 4.90 Å². The number of ether oxygens (including phenoxy) is 1. The number of piperazine rings is 1. The zero-order chi connectivity index (χ0) is 30.1. The van der Waals surface area contributed by atoms with E-state index in [1.54, 1.807) is 17.8 Å². The van der Waals surface area contributed by atoms with Gasteiger partial charge in [0.05, 0.1) is 30.8 Å². The van der Waals surface area contributed by atoms with Gasteiger partial charge in [-0.3, -0.25) is 4.79 Å². The number of nitrogens with zero attached hydrogens (tertiary/aromatic N) is 7. The van der Waals surface area contributed by atoms with Gasteiger partial charge in [0, 0.05) is 48.4 Å². The molecule has 2 saturated heterocycles. The molecule has 2 fully saturated rings. The predicted octanol–water partition coefficient (Wildman–Crippen LogP) is 4.10. The molecule has 0 unspecified atom stereocenters. The maximum atomic E-state index is 14.7. The third-order valence-corrected chi connectivity index (χ3v) is 10.3. The zero-order valence-corrected chi connectivity index (χ0v) is 25.3. The number of amides is 1. The fraction of sp³-hybridized carbons (Fsp3) is 0.548. The number of carbonyl (C=O) groups is 1. The van der Waals surface area contributed by atoms with Crippen molar-refractivity contribution in [2.45, 2.75) is 62.0 Å². The highest BCUT2D eigenvalue weighted by Crippen LogP contribution is 2.40. The highest BCUT2D eigenvalue weighted by molar-refractivity contribution is 7.99. The zero-order valence-electron chi connectivity index (χ0n) is 24.5. The van der Waals surface area contributed by atoms with E-state index in [9.17, 15) is 18.8 Å². The van der Waals surface area contributed by atoms with Gasteiger partial charge in [0.2, 0.25) is 0 Å². The van der Waals surface area contributed by atoms with Crippen molar-refractivity contribution in [1.29, 1.82) is 5.26 Å². The maximum Gasteiger partial charge on any atom is 0.318 e. The molecule has 5 heterocycles. The Bertz CT molecular complexity index is 1450. The Morgan fingerprint density at radius 2 is 2.00 bits per heavy atom. The lowest BCUT2D eigenvalue weighted by Crippen LogP contribution is -2.55. The van der Waals surface area contributed by atoms with Gasteiger partial charge in [0.25, 0.3) is 5.91 Å². The van der Waals surface area contributed by atoms with Crippen LogP contribution in [0.15, 0.2) is 29.4 Å². The van der Waals surface area contributed by atoms with Crippen LogP contribution in [0.3, 0.4) is 0 Å². The Kier molecular flexibility index (Phi) is 8.73. The molecule has 228 valence electrons. The Balaban J connectivity index is 1.32. The first-order valence-corrected chi connectivity index (χ1v) is 16.0. The molecule has 0 N–H and O–H groups in total. The first kappa shape index (κ1) is 29.6. The molecular formula is C31H37F2N7O2S. The molecule has 12 heteroatoms. The highest BCUT2D eigenvalue weighted by atomic mass is 32.2. The molecule has 0 radical (unpaired) electrons. The fourth-order valence-corrected chi connectivity index (χ4v) is 7.82. The lowest BCUT2D eigenvalue weighted by atomic mass is 10.00. The van der Waals surface area contributed by atoms with Crippen molar-refractivity contribution in [2.75, 3.05) is 61.9 Å². The van der Waals surface area contributed by atoms with Gasteiger partial charge in [-0.25, -0.2) is 8.78 Å². The summed E-state index contributed by atoms with van der Waals surface area (Å²) in [5.41, 5.74) is 4.00. The number of carbonyl (C=O) groups excluding carboxylic acids is 1. The van der Waals surface area contributed by atoms with Crippen LogP contribution in [0.5, 0.6) is 6.01 Å². The van der Waals surface area contributed by atoms with Gasteiger partial charge in [-0.15, -0.1) is 11.8 Å². The van der Waals surface area contributed by atoms with Crippen molar-refractivity contribution in [2.24, 2.45) is 0 Å². The first-order valence-electron chi connectivity index (χ1n) is 15.0. The number of hydrogen-bond donors (Lipinski definition) is 0. The number of thioether (sulfide) groups is 1. The van der Waals surface area contributed by atoms with Crippen LogP contribution < -0.4 is 14.5 Å². The topological polar surface area (TPSA) is 88.8 Å². The van der Waals surface area contributed by atoms with Crippen LogP contribution in [-0.2, 0) is 24.2 Å². The van der Waals surface area contributed by atoms with Gasteiger partial charge in [-0.2, -0.15) is 15.2 Å². The minimum absolute atomic E-state index is 0.0711. The van der Waals surface area contributed by atoms with E-state index in [1.807, 2.05) is 6.07 Å². The van der Waals surface area contributed by atoms with Crippen molar-refractivity contribution < 1.29 is 18.3 Å². The van der Waals surface area contributed by atoms with Gasteiger partial charge < -0.3 is 24.3 Å². The molecule has 0 saturated carbocycles. The number of hydrogen-bond acceptors (Lipinski definition) is 9. The molecule has 0 bridgehead atoms. The van der Waals surface area contributed by atoms with Gasteiger partial charge in [0.1, 0.15) is 18.2 Å². The quantitative estimate of drug-likeness (QED) is 0.431. The van der Waals surface area contributed by atoms with E-state index < -0.39 is 17.8 Å². The number of halogens is 2. The fourth-order valence-electron chi connectivity index (χ4n) is 6.74. The second-order valence-electron chi connectivity index (χ2n) is 11.7. The molecule has 6 rings (SSSR count). The summed E-state index contributed by atoms with van der Waals surface area (Å²) in [7, 11) is 2.10. The van der Waals surface area contributed by atoms with Crippen LogP contribution in [0.1, 0.15) is 42.5 Å². The normalized spacial score (nSPS) is 22.1. The van der Waals surface area contributed by atoms with E-state index in [2.05, 4.69) is 34.4 Å². The van der Waals surface area contributed by atoms with Crippen LogP contribution in [0.2, 0.25) is 0 Å². The molecule has 1 amide bonds. The summed E-state index contributed by atoms with van der Waals surface area (Å²) in [6.45, 7) is 6.98. The monoisotopic (exact) mass is 609 g/mol. The second-order valence-corrected chi connectivity index (χ2v) is 12.8. The summed E-state index contributed by atoms with van der Waals surface area (Å²) in [6.07, 6.45) is 4.81. The summed E-state index contributed by atoms with van der Waals surface area (Å²) >= 11 is 1.59. The first-order chi connectivity index (χ1) is 20.8. The van der Waals surface area contributed by atoms with E-state index in [-0.39, 0.29) is 18.8 Å². The molecule has 1 aromatic carbocycles. The predicted molar refractivity (Wildman–Crippen MR) is 162 cm³/mol. The standard InChI is InChI=1S/C31H37F2N7O2S/c1-20(32)30(41)40-15-14-39(17-21(40)9-11-34)29-23-10-13-38(27-8-7-25(33)28-24(27)6-4-16-43-28)18-26(23)35-31(36-29)42-19-22-5-3-12-37(22)2/h7-8,21-22H,1,3-6,9-10,12-19H2,2H3/t21-,22-/m0/s1. The third-order valence-electron chi connectivity index (χ3n) is 9.05. The Morgan fingerprint density at radius 1 is 1.14 bits per heavy atom. The van der Waals surface area contributed by atoms with Crippen LogP contribution in [-0.4, -0.2) is 89.9 Å². The van der Waals surface area contributed by atoms with Crippen LogP contribution in [0, 0.1) is 17.1 Å². The smallest absolute Gasteiger partial charge is 0.318 e. The molecule has 43 heavy (non-hydrogen) atoms. The number of fused-ring (bicyclic) bond motifs is 2. The van der Waals surface area contributed by atoms with Crippen molar-refractivity contribution in [3.63, 3.8) is 0 Å². The van der Waals surface area contributed by atoms with Crippen molar-refractivity contribution in [1.82, 2.24) is 19.8 Å². The van der Waals surface area contributed by atoms with Crippen LogP contribution >= 0.6 is 11.8 Å². The second kappa shape index (κ2) is 12.7. The average Bonchev–Trinajstić information content (AvgIpc) is 3.43. The van der Waals surface area contributed by atoms with Gasteiger partial charge >= 0.3 is 6.01 Å². The van der Waals surface area contributed by atoms with Crippen molar-refractivity contribution in [3.8, 4) is 12.1 Å². The van der Waals surface area contributed by atoms with Gasteiger partial charge in [-0.05, 0) is 69.1 Å². The average molecular weight is 610 g/mol. The molecule has 1 aromatic heterocycles. The van der Waals surface area contributed by atoms with Crippen molar-refractivity contribution >= 4 is 29.2 Å². The van der Waals surface area contributed by atoms with E-state index in [0.717, 1.165) is 77.7 Å². The molecule has 2 atom stereocenters. The Hall–Kier alpha value is -3.43. The molecule has 4 aliphatic heterocycles. The van der Waals surface area contributed by atoms with E-state index in [0.29, 0.717) is 44.7 Å². The largest absolute Gasteiger partial charge is 0.462 e. The summed E-state index contributed by atoms with van der Waals surface area (Å²) in [5.74, 6) is -0.283. The SMILES string of the molecule is C=C(F)C(=O)N1CCN(c2nc(OC[C@@H]3CCCN3C)nc3c2CCN(c2ccc(F)c4c2CCCS4)C3)C[C@@H]1CC#N. The molecular weight excluding hydrogens is 572 g/mol. The summed E-state index contributed by atoms with van der Waals surface area (Å²) in [6, 6.07) is 5.71. The molecule has 4 aliphatic rings. The lowest BCUT2D eigenvalue weighted by molar-refractivity contribution is -0.131. The lowest BCUT2D eigenvalue weighted by Gasteiger charge is -2.42. The number of likely N-dealkylation sites (N-methyl/N-ethyl adjacent to an activating group) is 1. The summed E-state index contributed by atoms with van der Waals surface area (Å²) in [4.78, 5) is 31.1. The molecule has 2 aromatic rings.